The molecular formula is C18H29N3O3S2. The maximum atomic E-state index is 12.6. The normalized spacial score (nSPS) is 17.1. The van der Waals surface area contributed by atoms with Crippen molar-refractivity contribution in [1.29, 1.82) is 0 Å². The Labute approximate surface area is 162 Å². The highest BCUT2D eigenvalue weighted by atomic mass is 32.2. The molecule has 1 fully saturated rings. The van der Waals surface area contributed by atoms with Crippen molar-refractivity contribution in [3.63, 3.8) is 0 Å². The molecule has 0 saturated carbocycles. The number of anilines is 1. The lowest BCUT2D eigenvalue weighted by Crippen LogP contribution is -2.40. The lowest BCUT2D eigenvalue weighted by molar-refractivity contribution is 0.0730. The molecule has 1 aliphatic heterocycles. The second-order valence-corrected chi connectivity index (χ2v) is 9.36. The van der Waals surface area contributed by atoms with Gasteiger partial charge in [0.2, 0.25) is 10.0 Å². The number of nitrogens with zero attached hydrogens (tertiary/aromatic N) is 1. The number of nitrogens with one attached hydrogen (secondary N) is 2. The van der Waals surface area contributed by atoms with Gasteiger partial charge in [-0.05, 0) is 62.2 Å². The molecule has 1 unspecified atom stereocenters. The van der Waals surface area contributed by atoms with E-state index in [9.17, 15) is 8.42 Å². The highest BCUT2D eigenvalue weighted by molar-refractivity contribution is 7.89. The number of thiocarbonyl (C=S) groups is 1. The number of hydrogen-bond acceptors (Lipinski definition) is 4. The molecule has 1 aliphatic rings. The van der Waals surface area contributed by atoms with Crippen molar-refractivity contribution in [1.82, 2.24) is 9.62 Å². The van der Waals surface area contributed by atoms with Crippen molar-refractivity contribution >= 4 is 33.0 Å². The third kappa shape index (κ3) is 6.19. The quantitative estimate of drug-likeness (QED) is 0.687. The minimum Gasteiger partial charge on any atom is -0.379 e. The number of rotatable bonds is 7. The van der Waals surface area contributed by atoms with Crippen LogP contribution in [-0.4, -0.2) is 50.2 Å². The van der Waals surface area contributed by atoms with Crippen LogP contribution >= 0.6 is 12.2 Å². The molecule has 146 valence electrons. The number of hydrogen-bond donors (Lipinski definition) is 2. The van der Waals surface area contributed by atoms with E-state index in [1.54, 1.807) is 24.3 Å². The fraction of sp³-hybridized carbons (Fsp3) is 0.611. The first-order valence-electron chi connectivity index (χ1n) is 9.04. The molecule has 6 nitrogen and oxygen atoms in total. The smallest absolute Gasteiger partial charge is 0.243 e. The number of benzene rings is 1. The van der Waals surface area contributed by atoms with Gasteiger partial charge >= 0.3 is 0 Å². The number of sulfonamides is 1. The lowest BCUT2D eigenvalue weighted by Gasteiger charge is -2.26. The van der Waals surface area contributed by atoms with Crippen LogP contribution in [0.3, 0.4) is 0 Å². The van der Waals surface area contributed by atoms with Crippen molar-refractivity contribution in [3.05, 3.63) is 24.3 Å². The van der Waals surface area contributed by atoms with Crippen LogP contribution in [0.1, 0.15) is 33.6 Å². The molecule has 2 N–H and O–H groups in total. The summed E-state index contributed by atoms with van der Waals surface area (Å²) in [6, 6.07) is 6.98. The molecule has 1 aromatic rings. The zero-order valence-corrected chi connectivity index (χ0v) is 17.3. The van der Waals surface area contributed by atoms with Crippen molar-refractivity contribution < 1.29 is 13.2 Å². The average molecular weight is 400 g/mol. The molecule has 0 aromatic heterocycles. The van der Waals surface area contributed by atoms with Gasteiger partial charge in [0.05, 0.1) is 18.1 Å². The minimum atomic E-state index is -3.46. The van der Waals surface area contributed by atoms with Gasteiger partial charge in [-0.2, -0.15) is 4.31 Å². The maximum absolute atomic E-state index is 12.6. The predicted molar refractivity (Wildman–Crippen MR) is 109 cm³/mol. The molecule has 0 bridgehead atoms. The van der Waals surface area contributed by atoms with Gasteiger partial charge in [0.25, 0.3) is 0 Å². The van der Waals surface area contributed by atoms with Gasteiger partial charge in [-0.3, -0.25) is 0 Å². The molecule has 8 heteroatoms. The minimum absolute atomic E-state index is 0.286. The summed E-state index contributed by atoms with van der Waals surface area (Å²) in [4.78, 5) is 0.286. The van der Waals surface area contributed by atoms with Crippen LogP contribution in [0.15, 0.2) is 29.2 Å². The largest absolute Gasteiger partial charge is 0.379 e. The van der Waals surface area contributed by atoms with Crippen LogP contribution in [0.4, 0.5) is 5.69 Å². The van der Waals surface area contributed by atoms with Gasteiger partial charge in [0, 0.05) is 24.8 Å². The van der Waals surface area contributed by atoms with Crippen LogP contribution < -0.4 is 10.6 Å². The van der Waals surface area contributed by atoms with E-state index in [2.05, 4.69) is 31.4 Å². The molecule has 0 amide bonds. The highest BCUT2D eigenvalue weighted by Gasteiger charge is 2.26. The fourth-order valence-electron chi connectivity index (χ4n) is 2.69. The van der Waals surface area contributed by atoms with Gasteiger partial charge in [-0.1, -0.05) is 13.8 Å². The maximum Gasteiger partial charge on any atom is 0.243 e. The Kier molecular flexibility index (Phi) is 7.82. The Morgan fingerprint density at radius 2 is 1.77 bits per heavy atom. The summed E-state index contributed by atoms with van der Waals surface area (Å²) in [6.07, 6.45) is 2.20. The van der Waals surface area contributed by atoms with E-state index in [0.717, 1.165) is 18.5 Å². The Morgan fingerprint density at radius 3 is 2.35 bits per heavy atom. The topological polar surface area (TPSA) is 70.7 Å². The fourth-order valence-corrected chi connectivity index (χ4v) is 4.42. The second kappa shape index (κ2) is 9.64. The van der Waals surface area contributed by atoms with E-state index in [0.29, 0.717) is 43.4 Å². The summed E-state index contributed by atoms with van der Waals surface area (Å²) < 4.78 is 31.9. The first-order chi connectivity index (χ1) is 12.3. The van der Waals surface area contributed by atoms with E-state index in [1.807, 2.05) is 0 Å². The van der Waals surface area contributed by atoms with E-state index in [1.165, 1.54) is 4.31 Å². The summed E-state index contributed by atoms with van der Waals surface area (Å²) in [5, 5.41) is 6.92. The summed E-state index contributed by atoms with van der Waals surface area (Å²) in [6.45, 7) is 8.18. The van der Waals surface area contributed by atoms with Crippen molar-refractivity contribution in [3.8, 4) is 0 Å². The van der Waals surface area contributed by atoms with Crippen molar-refractivity contribution in [2.75, 3.05) is 31.6 Å². The molecule has 1 aromatic carbocycles. The standard InChI is InChI=1S/C18H29N3O3S2/c1-14(2)4-5-15(3)19-18(25)20-16-6-8-17(9-7-16)26(22,23)21-10-12-24-13-11-21/h6-9,14-15H,4-5,10-13H2,1-3H3,(H2,19,20,25). The van der Waals surface area contributed by atoms with Gasteiger partial charge in [-0.25, -0.2) is 8.42 Å². The van der Waals surface area contributed by atoms with Gasteiger partial charge in [-0.15, -0.1) is 0 Å². The Morgan fingerprint density at radius 1 is 1.15 bits per heavy atom. The van der Waals surface area contributed by atoms with Gasteiger partial charge in [0.1, 0.15) is 0 Å². The molecular weight excluding hydrogens is 370 g/mol. The monoisotopic (exact) mass is 399 g/mol. The lowest BCUT2D eigenvalue weighted by atomic mass is 10.0. The van der Waals surface area contributed by atoms with Crippen LogP contribution in [0, 0.1) is 5.92 Å². The third-order valence-electron chi connectivity index (χ3n) is 4.27. The summed E-state index contributed by atoms with van der Waals surface area (Å²) >= 11 is 5.34. The first-order valence-corrected chi connectivity index (χ1v) is 10.9. The Balaban J connectivity index is 1.91. The molecule has 2 rings (SSSR count). The van der Waals surface area contributed by atoms with Crippen molar-refractivity contribution in [2.24, 2.45) is 5.92 Å². The molecule has 0 aliphatic carbocycles. The molecule has 26 heavy (non-hydrogen) atoms. The van der Waals surface area contributed by atoms with Gasteiger partial charge in [0.15, 0.2) is 5.11 Å². The van der Waals surface area contributed by atoms with E-state index >= 15 is 0 Å². The zero-order valence-electron chi connectivity index (χ0n) is 15.7. The highest BCUT2D eigenvalue weighted by Crippen LogP contribution is 2.19. The van der Waals surface area contributed by atoms with Crippen LogP contribution in [-0.2, 0) is 14.8 Å². The first kappa shape index (κ1) is 21.1. The SMILES string of the molecule is CC(C)CCC(C)NC(=S)Nc1ccc(S(=O)(=O)N2CCOCC2)cc1. The molecule has 1 atom stereocenters. The number of morpholine rings is 1. The molecule has 1 heterocycles. The van der Waals surface area contributed by atoms with Crippen LogP contribution in [0.25, 0.3) is 0 Å². The van der Waals surface area contributed by atoms with E-state index in [-0.39, 0.29) is 4.90 Å². The zero-order chi connectivity index (χ0) is 19.2. The van der Waals surface area contributed by atoms with Crippen LogP contribution in [0.5, 0.6) is 0 Å². The summed E-state index contributed by atoms with van der Waals surface area (Å²) in [5.41, 5.74) is 0.763. The third-order valence-corrected chi connectivity index (χ3v) is 6.41. The molecule has 0 spiro atoms. The molecule has 0 radical (unpaired) electrons. The number of ether oxygens (including phenoxy) is 1. The molecule has 1 saturated heterocycles. The summed E-state index contributed by atoms with van der Waals surface area (Å²) in [5.74, 6) is 0.668. The average Bonchev–Trinajstić information content (AvgIpc) is 2.61. The second-order valence-electron chi connectivity index (χ2n) is 7.01. The van der Waals surface area contributed by atoms with Crippen molar-refractivity contribution in [2.45, 2.75) is 44.6 Å². The predicted octanol–water partition coefficient (Wildman–Crippen LogP) is 2.82. The Bertz CT molecular complexity index is 684. The van der Waals surface area contributed by atoms with E-state index < -0.39 is 10.0 Å². The van der Waals surface area contributed by atoms with Crippen LogP contribution in [0.2, 0.25) is 0 Å². The Hall–Kier alpha value is -1.22. The summed E-state index contributed by atoms with van der Waals surface area (Å²) in [7, 11) is -3.46. The van der Waals surface area contributed by atoms with E-state index in [4.69, 9.17) is 17.0 Å². The van der Waals surface area contributed by atoms with Gasteiger partial charge < -0.3 is 15.4 Å².